The number of benzene rings is 2. The van der Waals surface area contributed by atoms with Crippen LogP contribution >= 0.6 is 23.1 Å². The van der Waals surface area contributed by atoms with Crippen molar-refractivity contribution in [2.24, 2.45) is 0 Å². The van der Waals surface area contributed by atoms with Crippen LogP contribution < -0.4 is 5.32 Å². The first-order valence-electron chi connectivity index (χ1n) is 6.13. The van der Waals surface area contributed by atoms with Crippen LogP contribution in [0.3, 0.4) is 0 Å². The third-order valence-corrected chi connectivity index (χ3v) is 5.03. The van der Waals surface area contributed by atoms with Gasteiger partial charge in [0.15, 0.2) is 4.34 Å². The van der Waals surface area contributed by atoms with Crippen molar-refractivity contribution in [3.05, 3.63) is 54.1 Å². The molecule has 1 heterocycles. The van der Waals surface area contributed by atoms with Crippen LogP contribution in [0.25, 0.3) is 10.2 Å². The van der Waals surface area contributed by atoms with E-state index < -0.39 is 0 Å². The van der Waals surface area contributed by atoms with E-state index in [4.69, 9.17) is 0 Å². The third kappa shape index (κ3) is 2.81. The highest BCUT2D eigenvalue weighted by molar-refractivity contribution is 8.01. The molecule has 0 bridgehead atoms. The summed E-state index contributed by atoms with van der Waals surface area (Å²) in [6.45, 7) is 0.883. The Morgan fingerprint density at radius 1 is 1.11 bits per heavy atom. The van der Waals surface area contributed by atoms with E-state index in [-0.39, 0.29) is 0 Å². The molecule has 0 radical (unpaired) electrons. The average molecular weight is 286 g/mol. The minimum Gasteiger partial charge on any atom is -0.316 e. The summed E-state index contributed by atoms with van der Waals surface area (Å²) in [5.74, 6) is 0. The van der Waals surface area contributed by atoms with Gasteiger partial charge in [0.1, 0.15) is 0 Å². The quantitative estimate of drug-likeness (QED) is 0.779. The molecule has 0 saturated heterocycles. The summed E-state index contributed by atoms with van der Waals surface area (Å²) in [4.78, 5) is 5.94. The van der Waals surface area contributed by atoms with Gasteiger partial charge in [-0.05, 0) is 30.8 Å². The fourth-order valence-electron chi connectivity index (χ4n) is 1.93. The van der Waals surface area contributed by atoms with E-state index in [1.165, 1.54) is 15.2 Å². The number of nitrogens with one attached hydrogen (secondary N) is 1. The van der Waals surface area contributed by atoms with Crippen molar-refractivity contribution in [3.8, 4) is 0 Å². The smallest absolute Gasteiger partial charge is 0.155 e. The lowest BCUT2D eigenvalue weighted by Gasteiger charge is -2.06. The first kappa shape index (κ1) is 12.7. The van der Waals surface area contributed by atoms with Gasteiger partial charge in [-0.3, -0.25) is 0 Å². The Morgan fingerprint density at radius 2 is 1.89 bits per heavy atom. The van der Waals surface area contributed by atoms with Crippen molar-refractivity contribution in [1.29, 1.82) is 0 Å². The molecule has 0 saturated carbocycles. The molecule has 3 rings (SSSR count). The highest BCUT2D eigenvalue weighted by atomic mass is 32.2. The second kappa shape index (κ2) is 5.74. The van der Waals surface area contributed by atoms with E-state index in [1.54, 1.807) is 23.1 Å². The lowest BCUT2D eigenvalue weighted by atomic mass is 10.2. The van der Waals surface area contributed by atoms with Crippen LogP contribution in [0, 0.1) is 0 Å². The molecule has 1 aromatic heterocycles. The van der Waals surface area contributed by atoms with E-state index >= 15 is 0 Å². The third-order valence-electron chi connectivity index (χ3n) is 2.81. The Hall–Kier alpha value is -1.36. The van der Waals surface area contributed by atoms with Gasteiger partial charge in [-0.1, -0.05) is 42.1 Å². The molecule has 0 atom stereocenters. The van der Waals surface area contributed by atoms with Gasteiger partial charge in [0, 0.05) is 11.4 Å². The number of nitrogens with zero attached hydrogens (tertiary/aromatic N) is 1. The Morgan fingerprint density at radius 3 is 2.74 bits per heavy atom. The molecular formula is C15H14N2S2. The maximum Gasteiger partial charge on any atom is 0.155 e. The molecule has 19 heavy (non-hydrogen) atoms. The van der Waals surface area contributed by atoms with Crippen LogP contribution in [0.4, 0.5) is 0 Å². The second-order valence-corrected chi connectivity index (χ2v) is 6.51. The van der Waals surface area contributed by atoms with Crippen LogP contribution in [-0.2, 0) is 6.54 Å². The molecule has 1 N–H and O–H groups in total. The SMILES string of the molecule is CNCc1ccccc1Sc1nc2ccccc2s1. The molecule has 2 aromatic carbocycles. The molecule has 0 aliphatic rings. The molecule has 96 valence electrons. The zero-order valence-corrected chi connectivity index (χ0v) is 12.2. The summed E-state index contributed by atoms with van der Waals surface area (Å²) in [5, 5.41) is 3.21. The van der Waals surface area contributed by atoms with E-state index in [0.717, 1.165) is 16.4 Å². The van der Waals surface area contributed by atoms with Crippen molar-refractivity contribution in [2.45, 2.75) is 15.8 Å². The van der Waals surface area contributed by atoms with E-state index in [1.807, 2.05) is 13.1 Å². The van der Waals surface area contributed by atoms with Gasteiger partial charge in [0.05, 0.1) is 10.2 Å². The molecular weight excluding hydrogens is 272 g/mol. The van der Waals surface area contributed by atoms with Crippen LogP contribution in [0.15, 0.2) is 57.8 Å². The molecule has 0 fully saturated rings. The monoisotopic (exact) mass is 286 g/mol. The van der Waals surface area contributed by atoms with Gasteiger partial charge < -0.3 is 5.32 Å². The van der Waals surface area contributed by atoms with Crippen LogP contribution in [0.1, 0.15) is 5.56 Å². The standard InChI is InChI=1S/C15H14N2S2/c1-16-10-11-6-2-4-8-13(11)18-15-17-12-7-3-5-9-14(12)19-15/h2-9,16H,10H2,1H3. The molecule has 0 spiro atoms. The zero-order valence-electron chi connectivity index (χ0n) is 10.6. The number of para-hydroxylation sites is 1. The van der Waals surface area contributed by atoms with E-state index in [9.17, 15) is 0 Å². The van der Waals surface area contributed by atoms with Gasteiger partial charge in [-0.2, -0.15) is 0 Å². The van der Waals surface area contributed by atoms with Crippen LogP contribution in [0.2, 0.25) is 0 Å². The summed E-state index contributed by atoms with van der Waals surface area (Å²) in [6, 6.07) is 16.8. The zero-order chi connectivity index (χ0) is 13.1. The van der Waals surface area contributed by atoms with Crippen LogP contribution in [-0.4, -0.2) is 12.0 Å². The molecule has 4 heteroatoms. The summed E-state index contributed by atoms with van der Waals surface area (Å²) in [6.07, 6.45) is 0. The molecule has 2 nitrogen and oxygen atoms in total. The first-order chi connectivity index (χ1) is 9.36. The predicted octanol–water partition coefficient (Wildman–Crippen LogP) is 4.17. The number of hydrogen-bond acceptors (Lipinski definition) is 4. The Kier molecular flexibility index (Phi) is 3.82. The summed E-state index contributed by atoms with van der Waals surface area (Å²) < 4.78 is 2.35. The van der Waals surface area contributed by atoms with Gasteiger partial charge in [-0.25, -0.2) is 4.98 Å². The maximum absolute atomic E-state index is 4.67. The predicted molar refractivity (Wildman–Crippen MR) is 82.9 cm³/mol. The number of fused-ring (bicyclic) bond motifs is 1. The van der Waals surface area contributed by atoms with E-state index in [2.05, 4.69) is 52.8 Å². The van der Waals surface area contributed by atoms with Crippen molar-refractivity contribution < 1.29 is 0 Å². The largest absolute Gasteiger partial charge is 0.316 e. The normalized spacial score (nSPS) is 11.0. The molecule has 3 aromatic rings. The van der Waals surface area contributed by atoms with Crippen molar-refractivity contribution >= 4 is 33.3 Å². The lowest BCUT2D eigenvalue weighted by molar-refractivity contribution is 0.803. The lowest BCUT2D eigenvalue weighted by Crippen LogP contribution is -2.05. The van der Waals surface area contributed by atoms with Crippen LogP contribution in [0.5, 0.6) is 0 Å². The fraction of sp³-hybridized carbons (Fsp3) is 0.133. The number of rotatable bonds is 4. The number of hydrogen-bond donors (Lipinski definition) is 1. The molecule has 0 aliphatic heterocycles. The Labute approximate surface area is 120 Å². The Balaban J connectivity index is 1.92. The first-order valence-corrected chi connectivity index (χ1v) is 7.76. The summed E-state index contributed by atoms with van der Waals surface area (Å²) in [7, 11) is 1.97. The molecule has 0 unspecified atom stereocenters. The highest BCUT2D eigenvalue weighted by Gasteiger charge is 2.07. The molecule has 0 amide bonds. The topological polar surface area (TPSA) is 24.9 Å². The van der Waals surface area contributed by atoms with Gasteiger partial charge in [0.2, 0.25) is 0 Å². The van der Waals surface area contributed by atoms with Crippen molar-refractivity contribution in [3.63, 3.8) is 0 Å². The van der Waals surface area contributed by atoms with Gasteiger partial charge >= 0.3 is 0 Å². The maximum atomic E-state index is 4.67. The minimum absolute atomic E-state index is 0.883. The number of thiazole rings is 1. The van der Waals surface area contributed by atoms with Crippen molar-refractivity contribution in [2.75, 3.05) is 7.05 Å². The second-order valence-electron chi connectivity index (χ2n) is 4.19. The summed E-state index contributed by atoms with van der Waals surface area (Å²) in [5.41, 5.74) is 2.40. The summed E-state index contributed by atoms with van der Waals surface area (Å²) >= 11 is 3.50. The van der Waals surface area contributed by atoms with Crippen molar-refractivity contribution in [1.82, 2.24) is 10.3 Å². The number of aromatic nitrogens is 1. The minimum atomic E-state index is 0.883. The fourth-order valence-corrected chi connectivity index (χ4v) is 4.08. The van der Waals surface area contributed by atoms with E-state index in [0.29, 0.717) is 0 Å². The average Bonchev–Trinajstić information content (AvgIpc) is 2.83. The Bertz CT molecular complexity index is 658. The van der Waals surface area contributed by atoms with Gasteiger partial charge in [0.25, 0.3) is 0 Å². The highest BCUT2D eigenvalue weighted by Crippen LogP contribution is 2.35. The van der Waals surface area contributed by atoms with Gasteiger partial charge in [-0.15, -0.1) is 11.3 Å². The molecule has 0 aliphatic carbocycles.